The first-order valence-corrected chi connectivity index (χ1v) is 10.1. The minimum absolute atomic E-state index is 0.138. The second-order valence-electron chi connectivity index (χ2n) is 6.52. The van der Waals surface area contributed by atoms with Crippen LogP contribution in [0.2, 0.25) is 0 Å². The third-order valence-corrected chi connectivity index (χ3v) is 6.85. The van der Waals surface area contributed by atoms with Gasteiger partial charge < -0.3 is 19.3 Å². The molecule has 2 amide bonds. The van der Waals surface area contributed by atoms with Gasteiger partial charge in [0.15, 0.2) is 0 Å². The highest BCUT2D eigenvalue weighted by molar-refractivity contribution is 7.89. The van der Waals surface area contributed by atoms with Crippen LogP contribution in [0, 0.1) is 0 Å². The predicted octanol–water partition coefficient (Wildman–Crippen LogP) is 1.19. The highest BCUT2D eigenvalue weighted by atomic mass is 32.2. The zero-order valence-electron chi connectivity index (χ0n) is 15.3. The maximum Gasteiger partial charge on any atom is 0.321 e. The number of hydrogen-bond acceptors (Lipinski definition) is 5. The molecule has 0 aliphatic carbocycles. The third kappa shape index (κ3) is 3.38. The van der Waals surface area contributed by atoms with Crippen molar-refractivity contribution in [1.29, 1.82) is 0 Å². The van der Waals surface area contributed by atoms with Crippen LogP contribution in [0.3, 0.4) is 0 Å². The van der Waals surface area contributed by atoms with Crippen LogP contribution in [-0.2, 0) is 14.8 Å². The first-order chi connectivity index (χ1) is 12.4. The Bertz CT molecular complexity index is 746. The summed E-state index contributed by atoms with van der Waals surface area (Å²) in [5.41, 5.74) is 0. The van der Waals surface area contributed by atoms with Gasteiger partial charge in [-0.25, -0.2) is 13.2 Å². The van der Waals surface area contributed by atoms with Crippen molar-refractivity contribution in [2.45, 2.75) is 31.0 Å². The van der Waals surface area contributed by atoms with E-state index in [0.29, 0.717) is 32.1 Å². The molecule has 3 rings (SSSR count). The molecule has 8 nitrogen and oxygen atoms in total. The fraction of sp³-hybridized carbons (Fsp3) is 0.588. The molecule has 0 saturated carbocycles. The summed E-state index contributed by atoms with van der Waals surface area (Å²) < 4.78 is 37.9. The quantitative estimate of drug-likeness (QED) is 0.783. The number of sulfonamides is 1. The van der Waals surface area contributed by atoms with Gasteiger partial charge in [0.1, 0.15) is 5.75 Å². The van der Waals surface area contributed by atoms with Crippen LogP contribution in [0.5, 0.6) is 5.75 Å². The number of morpholine rings is 1. The number of methoxy groups -OCH3 is 1. The van der Waals surface area contributed by atoms with Gasteiger partial charge >= 0.3 is 6.03 Å². The Hall–Kier alpha value is -1.84. The van der Waals surface area contributed by atoms with Crippen LogP contribution in [0.4, 0.5) is 4.79 Å². The molecule has 0 aromatic heterocycles. The summed E-state index contributed by atoms with van der Waals surface area (Å²) in [4.78, 5) is 16.4. The average molecular weight is 383 g/mol. The van der Waals surface area contributed by atoms with Crippen molar-refractivity contribution in [2.24, 2.45) is 0 Å². The van der Waals surface area contributed by atoms with E-state index in [-0.39, 0.29) is 23.5 Å². The van der Waals surface area contributed by atoms with E-state index in [0.717, 1.165) is 0 Å². The molecule has 1 aromatic carbocycles. The van der Waals surface area contributed by atoms with E-state index in [1.165, 1.54) is 23.5 Å². The molecule has 2 saturated heterocycles. The Morgan fingerprint density at radius 1 is 1.15 bits per heavy atom. The Kier molecular flexibility index (Phi) is 5.40. The van der Waals surface area contributed by atoms with Crippen molar-refractivity contribution in [3.8, 4) is 5.75 Å². The maximum absolute atomic E-state index is 13.0. The first-order valence-electron chi connectivity index (χ1n) is 8.67. The van der Waals surface area contributed by atoms with E-state index in [2.05, 4.69) is 0 Å². The zero-order valence-corrected chi connectivity index (χ0v) is 16.1. The van der Waals surface area contributed by atoms with Crippen molar-refractivity contribution in [2.75, 3.05) is 40.0 Å². The molecule has 2 fully saturated rings. The highest BCUT2D eigenvalue weighted by Gasteiger charge is 2.45. The lowest BCUT2D eigenvalue weighted by Gasteiger charge is -2.35. The molecule has 0 bridgehead atoms. The van der Waals surface area contributed by atoms with Gasteiger partial charge in [0, 0.05) is 25.7 Å². The first kappa shape index (κ1) is 18.9. The molecular weight excluding hydrogens is 358 g/mol. The fourth-order valence-corrected chi connectivity index (χ4v) is 5.12. The van der Waals surface area contributed by atoms with Crippen molar-refractivity contribution in [3.63, 3.8) is 0 Å². The summed E-state index contributed by atoms with van der Waals surface area (Å²) in [7, 11) is -2.17. The Labute approximate surface area is 154 Å². The van der Waals surface area contributed by atoms with E-state index >= 15 is 0 Å². The van der Waals surface area contributed by atoms with Crippen molar-refractivity contribution >= 4 is 16.1 Å². The number of carbonyl (C=O) groups excluding carboxylic acids is 1. The molecule has 144 valence electrons. The maximum atomic E-state index is 13.0. The molecule has 0 spiro atoms. The number of urea groups is 1. The van der Waals surface area contributed by atoms with Crippen LogP contribution < -0.4 is 4.74 Å². The van der Waals surface area contributed by atoms with Gasteiger partial charge in [-0.15, -0.1) is 0 Å². The molecule has 2 unspecified atom stereocenters. The number of rotatable bonds is 3. The van der Waals surface area contributed by atoms with Crippen LogP contribution in [0.15, 0.2) is 29.2 Å². The molecule has 1 aromatic rings. The number of benzene rings is 1. The number of ether oxygens (including phenoxy) is 2. The van der Waals surface area contributed by atoms with E-state index in [1.54, 1.807) is 28.9 Å². The van der Waals surface area contributed by atoms with Crippen LogP contribution in [-0.4, -0.2) is 80.7 Å². The summed E-state index contributed by atoms with van der Waals surface area (Å²) >= 11 is 0. The Morgan fingerprint density at radius 2 is 1.77 bits per heavy atom. The molecule has 2 aliphatic rings. The molecule has 9 heteroatoms. The van der Waals surface area contributed by atoms with E-state index in [1.807, 2.05) is 6.92 Å². The second kappa shape index (κ2) is 7.42. The monoisotopic (exact) mass is 383 g/mol. The lowest BCUT2D eigenvalue weighted by Crippen LogP contribution is -2.52. The number of hydrogen-bond donors (Lipinski definition) is 0. The standard InChI is InChI=1S/C17H25N3O5S/c1-13-12-19(26(22,23)16-6-4-15(24-3)5-7-16)14(2)20(13)17(21)18-8-10-25-11-9-18/h4-7,13-14H,8-12H2,1-3H3. The molecular formula is C17H25N3O5S. The minimum atomic E-state index is -3.70. The molecule has 0 radical (unpaired) electrons. The normalized spacial score (nSPS) is 24.7. The number of nitrogens with zero attached hydrogens (tertiary/aromatic N) is 3. The molecule has 2 aliphatic heterocycles. The lowest BCUT2D eigenvalue weighted by atomic mass is 10.3. The van der Waals surface area contributed by atoms with E-state index in [4.69, 9.17) is 9.47 Å². The highest BCUT2D eigenvalue weighted by Crippen LogP contribution is 2.29. The van der Waals surface area contributed by atoms with Crippen LogP contribution in [0.25, 0.3) is 0 Å². The Morgan fingerprint density at radius 3 is 2.35 bits per heavy atom. The van der Waals surface area contributed by atoms with E-state index < -0.39 is 16.2 Å². The van der Waals surface area contributed by atoms with Crippen LogP contribution in [0.1, 0.15) is 13.8 Å². The summed E-state index contributed by atoms with van der Waals surface area (Å²) in [6, 6.07) is 5.95. The summed E-state index contributed by atoms with van der Waals surface area (Å²) in [5.74, 6) is 0.593. The van der Waals surface area contributed by atoms with Crippen LogP contribution >= 0.6 is 0 Å². The molecule has 2 heterocycles. The van der Waals surface area contributed by atoms with Gasteiger partial charge in [-0.2, -0.15) is 4.31 Å². The lowest BCUT2D eigenvalue weighted by molar-refractivity contribution is 0.0382. The van der Waals surface area contributed by atoms with Crippen molar-refractivity contribution in [3.05, 3.63) is 24.3 Å². The smallest absolute Gasteiger partial charge is 0.321 e. The van der Waals surface area contributed by atoms with Gasteiger partial charge in [-0.1, -0.05) is 0 Å². The Balaban J connectivity index is 1.81. The largest absolute Gasteiger partial charge is 0.497 e. The second-order valence-corrected chi connectivity index (χ2v) is 8.41. The number of carbonyl (C=O) groups is 1. The van der Waals surface area contributed by atoms with Gasteiger partial charge in [-0.3, -0.25) is 0 Å². The molecule has 2 atom stereocenters. The molecule has 26 heavy (non-hydrogen) atoms. The van der Waals surface area contributed by atoms with Crippen molar-refractivity contribution in [1.82, 2.24) is 14.1 Å². The van der Waals surface area contributed by atoms with Gasteiger partial charge in [0.2, 0.25) is 10.0 Å². The van der Waals surface area contributed by atoms with Gasteiger partial charge in [-0.05, 0) is 38.1 Å². The SMILES string of the molecule is COc1ccc(S(=O)(=O)N2CC(C)N(C(=O)N3CCOCC3)C2C)cc1. The van der Waals surface area contributed by atoms with E-state index in [9.17, 15) is 13.2 Å². The number of amides is 2. The van der Waals surface area contributed by atoms with Crippen molar-refractivity contribution < 1.29 is 22.7 Å². The minimum Gasteiger partial charge on any atom is -0.497 e. The summed E-state index contributed by atoms with van der Waals surface area (Å²) in [6.45, 7) is 5.97. The average Bonchev–Trinajstić information content (AvgIpc) is 2.97. The summed E-state index contributed by atoms with van der Waals surface area (Å²) in [5, 5.41) is 0. The predicted molar refractivity (Wildman–Crippen MR) is 95.4 cm³/mol. The molecule has 0 N–H and O–H groups in total. The summed E-state index contributed by atoms with van der Waals surface area (Å²) in [6.07, 6.45) is -0.549. The van der Waals surface area contributed by atoms with Gasteiger partial charge in [0.05, 0.1) is 31.4 Å². The zero-order chi connectivity index (χ0) is 18.9. The third-order valence-electron chi connectivity index (χ3n) is 4.91. The van der Waals surface area contributed by atoms with Gasteiger partial charge in [0.25, 0.3) is 0 Å². The topological polar surface area (TPSA) is 79.4 Å². The fourth-order valence-electron chi connectivity index (χ4n) is 3.46.